The summed E-state index contributed by atoms with van der Waals surface area (Å²) in [4.78, 5) is 23.6. The van der Waals surface area contributed by atoms with Gasteiger partial charge in [0.25, 0.3) is 5.91 Å². The number of hydrogen-bond acceptors (Lipinski definition) is 6. The van der Waals surface area contributed by atoms with Gasteiger partial charge in [-0.15, -0.1) is 0 Å². The molecule has 7 nitrogen and oxygen atoms in total. The van der Waals surface area contributed by atoms with E-state index in [0.29, 0.717) is 17.2 Å². The second kappa shape index (κ2) is 9.52. The van der Waals surface area contributed by atoms with Crippen LogP contribution in [0.5, 0.6) is 5.75 Å². The van der Waals surface area contributed by atoms with Crippen molar-refractivity contribution < 1.29 is 14.1 Å². The highest BCUT2D eigenvalue weighted by Crippen LogP contribution is 2.23. The predicted molar refractivity (Wildman–Crippen MR) is 111 cm³/mol. The number of hydrogen-bond donors (Lipinski definition) is 0. The van der Waals surface area contributed by atoms with E-state index in [1.54, 1.807) is 12.3 Å². The molecule has 3 aromatic heterocycles. The van der Waals surface area contributed by atoms with Crippen molar-refractivity contribution in [3.05, 3.63) is 71.6 Å². The summed E-state index contributed by atoms with van der Waals surface area (Å²) in [7, 11) is 0. The molecule has 1 atom stereocenters. The van der Waals surface area contributed by atoms with Gasteiger partial charge < -0.3 is 14.2 Å². The fraction of sp³-hybridized carbons (Fsp3) is 0.391. The van der Waals surface area contributed by atoms with Crippen molar-refractivity contribution in [3.8, 4) is 5.75 Å². The first-order chi connectivity index (χ1) is 14.7. The molecule has 0 aromatic carbocycles. The van der Waals surface area contributed by atoms with Crippen molar-refractivity contribution in [1.29, 1.82) is 0 Å². The zero-order valence-electron chi connectivity index (χ0n) is 17.2. The standard InChI is InChI=1S/C23H26N4O3/c1-17-8-11-20(15-25-17)29-16-21-14-22(26-30-21)23(28)27-13-5-3-7-19(27)10-9-18-6-2-4-12-24-18/h2,4,6,8,11-12,14-15,19H,3,5,7,9-10,13,16H2,1H3. The number of amides is 1. The van der Waals surface area contributed by atoms with Crippen molar-refractivity contribution in [1.82, 2.24) is 20.0 Å². The smallest absolute Gasteiger partial charge is 0.276 e. The van der Waals surface area contributed by atoms with Crippen LogP contribution < -0.4 is 4.74 Å². The Kier molecular flexibility index (Phi) is 6.37. The van der Waals surface area contributed by atoms with Crippen molar-refractivity contribution in [2.75, 3.05) is 6.54 Å². The molecule has 3 aromatic rings. The van der Waals surface area contributed by atoms with Gasteiger partial charge in [-0.05, 0) is 63.3 Å². The largest absolute Gasteiger partial charge is 0.484 e. The molecule has 1 fully saturated rings. The molecule has 1 amide bonds. The maximum absolute atomic E-state index is 13.1. The fourth-order valence-electron chi connectivity index (χ4n) is 3.75. The minimum Gasteiger partial charge on any atom is -0.484 e. The number of piperidine rings is 1. The summed E-state index contributed by atoms with van der Waals surface area (Å²) in [6.07, 6.45) is 8.39. The van der Waals surface area contributed by atoms with Crippen molar-refractivity contribution in [2.24, 2.45) is 0 Å². The van der Waals surface area contributed by atoms with Gasteiger partial charge in [-0.1, -0.05) is 11.2 Å². The van der Waals surface area contributed by atoms with E-state index in [9.17, 15) is 4.79 Å². The van der Waals surface area contributed by atoms with E-state index in [1.165, 1.54) is 0 Å². The number of likely N-dealkylation sites (tertiary alicyclic amines) is 1. The molecule has 7 heteroatoms. The molecule has 0 saturated carbocycles. The van der Waals surface area contributed by atoms with Crippen LogP contribution in [0.3, 0.4) is 0 Å². The zero-order chi connectivity index (χ0) is 20.8. The van der Waals surface area contributed by atoms with Crippen LogP contribution in [-0.2, 0) is 13.0 Å². The first-order valence-corrected chi connectivity index (χ1v) is 10.4. The highest BCUT2D eigenvalue weighted by atomic mass is 16.5. The van der Waals surface area contributed by atoms with Gasteiger partial charge in [-0.2, -0.15) is 0 Å². The van der Waals surface area contributed by atoms with Crippen LogP contribution in [0, 0.1) is 6.92 Å². The van der Waals surface area contributed by atoms with Crippen LogP contribution in [0.2, 0.25) is 0 Å². The summed E-state index contributed by atoms with van der Waals surface area (Å²) in [5.41, 5.74) is 2.32. The van der Waals surface area contributed by atoms with Crippen LogP contribution in [0.4, 0.5) is 0 Å². The van der Waals surface area contributed by atoms with Gasteiger partial charge in [0.05, 0.1) is 6.20 Å². The Morgan fingerprint density at radius 2 is 2.17 bits per heavy atom. The lowest BCUT2D eigenvalue weighted by Crippen LogP contribution is -2.44. The summed E-state index contributed by atoms with van der Waals surface area (Å²) in [5, 5.41) is 4.00. The summed E-state index contributed by atoms with van der Waals surface area (Å²) < 4.78 is 11.0. The lowest BCUT2D eigenvalue weighted by atomic mass is 9.96. The molecule has 4 rings (SSSR count). The summed E-state index contributed by atoms with van der Waals surface area (Å²) >= 11 is 0. The molecule has 0 bridgehead atoms. The number of rotatable bonds is 7. The molecule has 0 aliphatic carbocycles. The second-order valence-electron chi connectivity index (χ2n) is 7.61. The molecule has 1 saturated heterocycles. The average Bonchev–Trinajstić information content (AvgIpc) is 3.27. The number of carbonyl (C=O) groups excluding carboxylic acids is 1. The Morgan fingerprint density at radius 3 is 2.97 bits per heavy atom. The lowest BCUT2D eigenvalue weighted by Gasteiger charge is -2.35. The van der Waals surface area contributed by atoms with Gasteiger partial charge in [0.2, 0.25) is 0 Å². The molecule has 4 heterocycles. The summed E-state index contributed by atoms with van der Waals surface area (Å²) in [6, 6.07) is 11.6. The minimum atomic E-state index is -0.0762. The Balaban J connectivity index is 1.36. The number of aromatic nitrogens is 3. The van der Waals surface area contributed by atoms with Crippen molar-refractivity contribution >= 4 is 5.91 Å². The highest BCUT2D eigenvalue weighted by Gasteiger charge is 2.29. The van der Waals surface area contributed by atoms with Crippen molar-refractivity contribution in [3.63, 3.8) is 0 Å². The highest BCUT2D eigenvalue weighted by molar-refractivity contribution is 5.92. The molecule has 0 radical (unpaired) electrons. The van der Waals surface area contributed by atoms with E-state index in [1.807, 2.05) is 48.4 Å². The first-order valence-electron chi connectivity index (χ1n) is 10.4. The summed E-state index contributed by atoms with van der Waals surface area (Å²) in [6.45, 7) is 2.87. The third-order valence-corrected chi connectivity index (χ3v) is 5.39. The van der Waals surface area contributed by atoms with Crippen LogP contribution in [0.15, 0.2) is 53.3 Å². The van der Waals surface area contributed by atoms with Crippen LogP contribution in [0.25, 0.3) is 0 Å². The van der Waals surface area contributed by atoms with Gasteiger partial charge >= 0.3 is 0 Å². The fourth-order valence-corrected chi connectivity index (χ4v) is 3.75. The molecule has 1 unspecified atom stereocenters. The molecule has 0 N–H and O–H groups in total. The molecule has 1 aliphatic heterocycles. The maximum atomic E-state index is 13.1. The van der Waals surface area contributed by atoms with Gasteiger partial charge in [0.15, 0.2) is 11.5 Å². The van der Waals surface area contributed by atoms with Crippen LogP contribution >= 0.6 is 0 Å². The van der Waals surface area contributed by atoms with E-state index in [0.717, 1.165) is 50.0 Å². The second-order valence-corrected chi connectivity index (χ2v) is 7.61. The molecule has 0 spiro atoms. The number of pyridine rings is 2. The predicted octanol–water partition coefficient (Wildman–Crippen LogP) is 3.98. The first kappa shape index (κ1) is 20.1. The number of carbonyl (C=O) groups is 1. The van der Waals surface area contributed by atoms with Crippen LogP contribution in [-0.4, -0.2) is 38.5 Å². The number of aryl methyl sites for hydroxylation is 2. The van der Waals surface area contributed by atoms with Crippen molar-refractivity contribution in [2.45, 2.75) is 51.7 Å². The Hall–Kier alpha value is -3.22. The zero-order valence-corrected chi connectivity index (χ0v) is 17.2. The van der Waals surface area contributed by atoms with E-state index in [4.69, 9.17) is 9.26 Å². The van der Waals surface area contributed by atoms with Crippen LogP contribution in [0.1, 0.15) is 53.3 Å². The third kappa shape index (κ3) is 5.03. The summed E-state index contributed by atoms with van der Waals surface area (Å²) in [5.74, 6) is 1.09. The Morgan fingerprint density at radius 1 is 1.23 bits per heavy atom. The number of ether oxygens (including phenoxy) is 1. The average molecular weight is 406 g/mol. The quantitative estimate of drug-likeness (QED) is 0.590. The van der Waals surface area contributed by atoms with E-state index >= 15 is 0 Å². The molecular formula is C23H26N4O3. The Labute approximate surface area is 176 Å². The van der Waals surface area contributed by atoms with Gasteiger partial charge in [-0.25, -0.2) is 0 Å². The molecule has 156 valence electrons. The van der Waals surface area contributed by atoms with Gasteiger partial charge in [0, 0.05) is 36.2 Å². The Bertz CT molecular complexity index is 956. The topological polar surface area (TPSA) is 81.4 Å². The maximum Gasteiger partial charge on any atom is 0.276 e. The van der Waals surface area contributed by atoms with Gasteiger partial charge in [0.1, 0.15) is 12.4 Å². The number of nitrogens with zero attached hydrogens (tertiary/aromatic N) is 4. The van der Waals surface area contributed by atoms with E-state index in [-0.39, 0.29) is 18.6 Å². The SMILES string of the molecule is Cc1ccc(OCc2cc(C(=O)N3CCCCC3CCc3ccccn3)no2)cn1. The minimum absolute atomic E-state index is 0.0762. The van der Waals surface area contributed by atoms with Gasteiger partial charge in [-0.3, -0.25) is 14.8 Å². The third-order valence-electron chi connectivity index (χ3n) is 5.39. The monoisotopic (exact) mass is 406 g/mol. The molecular weight excluding hydrogens is 380 g/mol. The van der Waals surface area contributed by atoms with E-state index < -0.39 is 0 Å². The molecule has 30 heavy (non-hydrogen) atoms. The normalized spacial score (nSPS) is 16.4. The lowest BCUT2D eigenvalue weighted by molar-refractivity contribution is 0.0591. The van der Waals surface area contributed by atoms with E-state index in [2.05, 4.69) is 15.1 Å². The molecule has 1 aliphatic rings.